The molecule has 1 aromatic carbocycles. The number of carbonyl (C=O) groups excluding carboxylic acids is 1. The highest BCUT2D eigenvalue weighted by molar-refractivity contribution is 5.79. The summed E-state index contributed by atoms with van der Waals surface area (Å²) in [5.41, 5.74) is 3.20. The van der Waals surface area contributed by atoms with Crippen molar-refractivity contribution in [2.24, 2.45) is 0 Å². The summed E-state index contributed by atoms with van der Waals surface area (Å²) in [6.07, 6.45) is 3.91. The van der Waals surface area contributed by atoms with E-state index in [-0.39, 0.29) is 5.91 Å². The summed E-state index contributed by atoms with van der Waals surface area (Å²) >= 11 is 0. The number of piperazine rings is 1. The van der Waals surface area contributed by atoms with Gasteiger partial charge in [-0.1, -0.05) is 29.8 Å². The Bertz CT molecular complexity index is 974. The van der Waals surface area contributed by atoms with Crippen molar-refractivity contribution in [1.82, 2.24) is 24.6 Å². The Kier molecular flexibility index (Phi) is 5.06. The quantitative estimate of drug-likeness (QED) is 0.698. The molecule has 2 aromatic heterocycles. The molecule has 7 heteroatoms. The standard InChI is InChI=1S/C21H24N6O/c1-16-4-3-5-18(12-16)13-21(28)26-10-8-25(9-11-26)19-14-20(23-15-22-19)27-7-6-17(2)24-27/h3-7,12,14-15H,8-11,13H2,1-2H3. The van der Waals surface area contributed by atoms with Crippen LogP contribution in [0, 0.1) is 13.8 Å². The fourth-order valence-electron chi connectivity index (χ4n) is 3.47. The van der Waals surface area contributed by atoms with Gasteiger partial charge in [-0.2, -0.15) is 5.10 Å². The maximum Gasteiger partial charge on any atom is 0.227 e. The van der Waals surface area contributed by atoms with Gasteiger partial charge in [0.1, 0.15) is 12.1 Å². The molecule has 144 valence electrons. The monoisotopic (exact) mass is 376 g/mol. The molecule has 28 heavy (non-hydrogen) atoms. The van der Waals surface area contributed by atoms with Crippen LogP contribution in [0.2, 0.25) is 0 Å². The summed E-state index contributed by atoms with van der Waals surface area (Å²) in [6, 6.07) is 12.0. The maximum atomic E-state index is 12.6. The number of hydrogen-bond acceptors (Lipinski definition) is 5. The summed E-state index contributed by atoms with van der Waals surface area (Å²) < 4.78 is 1.75. The minimum absolute atomic E-state index is 0.181. The highest BCUT2D eigenvalue weighted by atomic mass is 16.2. The molecule has 1 fully saturated rings. The van der Waals surface area contributed by atoms with Gasteiger partial charge in [-0.3, -0.25) is 4.79 Å². The highest BCUT2D eigenvalue weighted by Gasteiger charge is 2.22. The van der Waals surface area contributed by atoms with Gasteiger partial charge in [-0.15, -0.1) is 0 Å². The van der Waals surface area contributed by atoms with E-state index in [0.29, 0.717) is 19.5 Å². The van der Waals surface area contributed by atoms with Crippen molar-refractivity contribution in [3.05, 3.63) is 65.7 Å². The van der Waals surface area contributed by atoms with E-state index in [0.717, 1.165) is 36.0 Å². The third-order valence-corrected chi connectivity index (χ3v) is 4.99. The molecule has 0 N–H and O–H groups in total. The van der Waals surface area contributed by atoms with Crippen LogP contribution >= 0.6 is 0 Å². The summed E-state index contributed by atoms with van der Waals surface area (Å²) in [7, 11) is 0. The van der Waals surface area contributed by atoms with E-state index in [1.165, 1.54) is 5.56 Å². The van der Waals surface area contributed by atoms with Crippen LogP contribution in [0.15, 0.2) is 48.9 Å². The summed E-state index contributed by atoms with van der Waals surface area (Å²) in [5, 5.41) is 4.40. The largest absolute Gasteiger partial charge is 0.353 e. The van der Waals surface area contributed by atoms with Crippen LogP contribution in [-0.2, 0) is 11.2 Å². The third kappa shape index (κ3) is 4.03. The molecule has 1 aliphatic rings. The van der Waals surface area contributed by atoms with E-state index in [1.54, 1.807) is 11.0 Å². The summed E-state index contributed by atoms with van der Waals surface area (Å²) in [5.74, 6) is 1.79. The lowest BCUT2D eigenvalue weighted by Gasteiger charge is -2.35. The average molecular weight is 376 g/mol. The number of anilines is 1. The van der Waals surface area contributed by atoms with Gasteiger partial charge in [0, 0.05) is 38.4 Å². The van der Waals surface area contributed by atoms with Crippen LogP contribution in [0.1, 0.15) is 16.8 Å². The summed E-state index contributed by atoms with van der Waals surface area (Å²) in [4.78, 5) is 25.5. The Balaban J connectivity index is 1.38. The van der Waals surface area contributed by atoms with E-state index in [4.69, 9.17) is 0 Å². The lowest BCUT2D eigenvalue weighted by Crippen LogP contribution is -2.49. The SMILES string of the molecule is Cc1cccc(CC(=O)N2CCN(c3cc(-n4ccc(C)n4)ncn3)CC2)c1. The van der Waals surface area contributed by atoms with Gasteiger partial charge in [-0.25, -0.2) is 14.6 Å². The van der Waals surface area contributed by atoms with Crippen LogP contribution in [0.5, 0.6) is 0 Å². The molecule has 0 saturated carbocycles. The molecule has 0 aliphatic carbocycles. The van der Waals surface area contributed by atoms with Gasteiger partial charge in [0.2, 0.25) is 5.91 Å². The second-order valence-corrected chi connectivity index (χ2v) is 7.17. The van der Waals surface area contributed by atoms with Gasteiger partial charge < -0.3 is 9.80 Å². The molecule has 0 spiro atoms. The lowest BCUT2D eigenvalue weighted by molar-refractivity contribution is -0.130. The third-order valence-electron chi connectivity index (χ3n) is 4.99. The maximum absolute atomic E-state index is 12.6. The number of rotatable bonds is 4. The molecular weight excluding hydrogens is 352 g/mol. The molecule has 4 rings (SSSR count). The van der Waals surface area contributed by atoms with Gasteiger partial charge in [0.25, 0.3) is 0 Å². The van der Waals surface area contributed by atoms with Crippen molar-refractivity contribution in [3.8, 4) is 5.82 Å². The first kappa shape index (κ1) is 18.2. The van der Waals surface area contributed by atoms with E-state index < -0.39 is 0 Å². The fourth-order valence-corrected chi connectivity index (χ4v) is 3.47. The number of benzene rings is 1. The van der Waals surface area contributed by atoms with Gasteiger partial charge in [-0.05, 0) is 25.5 Å². The molecule has 0 unspecified atom stereocenters. The number of aromatic nitrogens is 4. The smallest absolute Gasteiger partial charge is 0.227 e. The zero-order chi connectivity index (χ0) is 19.5. The first-order valence-electron chi connectivity index (χ1n) is 9.51. The number of aryl methyl sites for hydroxylation is 2. The second kappa shape index (κ2) is 7.80. The van der Waals surface area contributed by atoms with Crippen LogP contribution in [0.25, 0.3) is 5.82 Å². The minimum atomic E-state index is 0.181. The minimum Gasteiger partial charge on any atom is -0.353 e. The first-order chi connectivity index (χ1) is 13.6. The molecule has 3 aromatic rings. The second-order valence-electron chi connectivity index (χ2n) is 7.17. The van der Waals surface area contributed by atoms with E-state index >= 15 is 0 Å². The van der Waals surface area contributed by atoms with E-state index in [2.05, 4.69) is 26.0 Å². The molecule has 1 amide bonds. The molecule has 1 aliphatic heterocycles. The summed E-state index contributed by atoms with van der Waals surface area (Å²) in [6.45, 7) is 6.91. The van der Waals surface area contributed by atoms with Crippen molar-refractivity contribution in [3.63, 3.8) is 0 Å². The molecule has 3 heterocycles. The fraction of sp³-hybridized carbons (Fsp3) is 0.333. The number of hydrogen-bond donors (Lipinski definition) is 0. The van der Waals surface area contributed by atoms with Crippen LogP contribution < -0.4 is 4.90 Å². The zero-order valence-electron chi connectivity index (χ0n) is 16.2. The Morgan fingerprint density at radius 1 is 1.00 bits per heavy atom. The van der Waals surface area contributed by atoms with Crippen molar-refractivity contribution < 1.29 is 4.79 Å². The Morgan fingerprint density at radius 2 is 1.79 bits per heavy atom. The lowest BCUT2D eigenvalue weighted by atomic mass is 10.1. The Labute approximate surface area is 164 Å². The predicted molar refractivity (Wildman–Crippen MR) is 108 cm³/mol. The van der Waals surface area contributed by atoms with Crippen molar-refractivity contribution in [1.29, 1.82) is 0 Å². The van der Waals surface area contributed by atoms with Crippen LogP contribution in [0.3, 0.4) is 0 Å². The highest BCUT2D eigenvalue weighted by Crippen LogP contribution is 2.17. The Morgan fingerprint density at radius 3 is 2.50 bits per heavy atom. The molecule has 0 radical (unpaired) electrons. The molecule has 1 saturated heterocycles. The molecular formula is C21H24N6O. The van der Waals surface area contributed by atoms with Crippen molar-refractivity contribution in [2.45, 2.75) is 20.3 Å². The number of nitrogens with zero attached hydrogens (tertiary/aromatic N) is 6. The number of carbonyl (C=O) groups is 1. The van der Waals surface area contributed by atoms with Crippen molar-refractivity contribution in [2.75, 3.05) is 31.1 Å². The average Bonchev–Trinajstić information content (AvgIpc) is 3.15. The normalized spacial score (nSPS) is 14.4. The van der Waals surface area contributed by atoms with E-state index in [9.17, 15) is 4.79 Å². The van der Waals surface area contributed by atoms with Gasteiger partial charge in [0.15, 0.2) is 5.82 Å². The topological polar surface area (TPSA) is 67.2 Å². The molecule has 7 nitrogen and oxygen atoms in total. The Hall–Kier alpha value is -3.22. The van der Waals surface area contributed by atoms with E-state index in [1.807, 2.05) is 55.3 Å². The van der Waals surface area contributed by atoms with Crippen LogP contribution in [-0.4, -0.2) is 56.7 Å². The first-order valence-corrected chi connectivity index (χ1v) is 9.51. The zero-order valence-corrected chi connectivity index (χ0v) is 16.2. The molecule has 0 atom stereocenters. The van der Waals surface area contributed by atoms with Crippen LogP contribution in [0.4, 0.5) is 5.82 Å². The van der Waals surface area contributed by atoms with Gasteiger partial charge >= 0.3 is 0 Å². The van der Waals surface area contributed by atoms with Gasteiger partial charge in [0.05, 0.1) is 12.1 Å². The predicted octanol–water partition coefficient (Wildman–Crippen LogP) is 2.17. The molecule has 0 bridgehead atoms. The number of amides is 1. The van der Waals surface area contributed by atoms with Crippen molar-refractivity contribution >= 4 is 11.7 Å².